The molecule has 0 radical (unpaired) electrons. The summed E-state index contributed by atoms with van der Waals surface area (Å²) < 4.78 is 10.5. The Bertz CT molecular complexity index is 1330. The summed E-state index contributed by atoms with van der Waals surface area (Å²) in [6.45, 7) is 3.30. The maximum absolute atomic E-state index is 13.0. The number of carbonyl (C=O) groups is 2. The Morgan fingerprint density at radius 2 is 2.06 bits per heavy atom. The Kier molecular flexibility index (Phi) is 5.88. The highest BCUT2D eigenvalue weighted by atomic mass is 16.5. The highest BCUT2D eigenvalue weighted by Gasteiger charge is 2.22. The van der Waals surface area contributed by atoms with E-state index < -0.39 is 0 Å². The van der Waals surface area contributed by atoms with Crippen molar-refractivity contribution in [1.82, 2.24) is 4.98 Å². The van der Waals surface area contributed by atoms with Gasteiger partial charge in [0.2, 0.25) is 0 Å². The minimum absolute atomic E-state index is 0.0672. The van der Waals surface area contributed by atoms with Crippen LogP contribution < -0.4 is 10.1 Å². The summed E-state index contributed by atoms with van der Waals surface area (Å²) in [5.74, 6) is 0.495. The molecule has 0 saturated heterocycles. The molecule has 5 rings (SSSR count). The molecule has 0 unspecified atom stereocenters. The van der Waals surface area contributed by atoms with Gasteiger partial charge < -0.3 is 14.8 Å². The molecular weight excluding hydrogens is 428 g/mol. The normalized spacial score (nSPS) is 13.5. The van der Waals surface area contributed by atoms with Crippen molar-refractivity contribution in [2.45, 2.75) is 32.7 Å². The highest BCUT2D eigenvalue weighted by Crippen LogP contribution is 2.31. The minimum Gasteiger partial charge on any atom is -0.492 e. The second kappa shape index (κ2) is 9.14. The summed E-state index contributed by atoms with van der Waals surface area (Å²) in [7, 11) is 1.39. The van der Waals surface area contributed by atoms with Gasteiger partial charge in [-0.05, 0) is 52.9 Å². The molecular formula is C28H26N2O4. The number of Topliss-reactive ketones (excluding diaryl/α,β-unsaturated/α-hetero) is 1. The molecule has 1 aliphatic carbocycles. The number of ketones is 1. The van der Waals surface area contributed by atoms with Crippen molar-refractivity contribution in [3.63, 3.8) is 0 Å². The molecule has 2 heterocycles. The fraction of sp³-hybridized carbons (Fsp3) is 0.250. The van der Waals surface area contributed by atoms with Crippen molar-refractivity contribution >= 4 is 23.5 Å². The first-order chi connectivity index (χ1) is 16.5. The predicted octanol–water partition coefficient (Wildman–Crippen LogP) is 4.47. The Balaban J connectivity index is 1.28. The smallest absolute Gasteiger partial charge is 0.334 e. The highest BCUT2D eigenvalue weighted by molar-refractivity contribution is 6.00. The summed E-state index contributed by atoms with van der Waals surface area (Å²) in [6, 6.07) is 13.9. The van der Waals surface area contributed by atoms with Gasteiger partial charge in [-0.1, -0.05) is 30.3 Å². The predicted molar refractivity (Wildman–Crippen MR) is 130 cm³/mol. The molecule has 34 heavy (non-hydrogen) atoms. The van der Waals surface area contributed by atoms with Crippen LogP contribution in [0.25, 0.3) is 6.08 Å². The maximum Gasteiger partial charge on any atom is 0.334 e. The molecule has 1 aliphatic heterocycles. The number of nitrogens with one attached hydrogen (secondary N) is 1. The quantitative estimate of drug-likeness (QED) is 0.419. The lowest BCUT2D eigenvalue weighted by atomic mass is 9.97. The number of benzene rings is 2. The van der Waals surface area contributed by atoms with Crippen molar-refractivity contribution in [2.24, 2.45) is 0 Å². The van der Waals surface area contributed by atoms with Crippen LogP contribution in [-0.2, 0) is 35.3 Å². The zero-order chi connectivity index (χ0) is 23.7. The number of anilines is 1. The Labute approximate surface area is 198 Å². The lowest BCUT2D eigenvalue weighted by molar-refractivity contribution is -0.136. The first-order valence-corrected chi connectivity index (χ1v) is 11.4. The zero-order valence-corrected chi connectivity index (χ0v) is 19.3. The van der Waals surface area contributed by atoms with E-state index >= 15 is 0 Å². The van der Waals surface area contributed by atoms with Gasteiger partial charge >= 0.3 is 5.97 Å². The average molecular weight is 455 g/mol. The van der Waals surface area contributed by atoms with E-state index in [4.69, 9.17) is 9.47 Å². The number of pyridine rings is 1. The number of hydrogen-bond donors (Lipinski definition) is 1. The van der Waals surface area contributed by atoms with Crippen LogP contribution in [0.5, 0.6) is 5.75 Å². The third-order valence-electron chi connectivity index (χ3n) is 6.41. The number of methoxy groups -OCH3 is 1. The van der Waals surface area contributed by atoms with Crippen molar-refractivity contribution in [3.8, 4) is 5.75 Å². The van der Waals surface area contributed by atoms with Crippen molar-refractivity contribution in [2.75, 3.05) is 19.0 Å². The van der Waals surface area contributed by atoms with E-state index in [9.17, 15) is 9.59 Å². The van der Waals surface area contributed by atoms with Crippen LogP contribution >= 0.6 is 0 Å². The number of aromatic nitrogens is 1. The SMILES string of the molecule is COC(=O)C1=Cc2cc(NCc3cc(CC(=O)c4cccc5c4OCC5)ccc3C)cnc2C1. The van der Waals surface area contributed by atoms with Gasteiger partial charge in [0.1, 0.15) is 5.75 Å². The van der Waals surface area contributed by atoms with Gasteiger partial charge in [-0.25, -0.2) is 4.79 Å². The standard InChI is InChI=1S/C28H26N2O4/c1-17-6-7-18(11-26(31)24-5-3-4-19-8-9-34-27(19)24)10-22(17)15-29-23-13-20-12-21(28(32)33-2)14-25(20)30-16-23/h3-7,10,12-13,16,29H,8-9,11,14-15H2,1-2H3. The van der Waals surface area contributed by atoms with Crippen LogP contribution in [0, 0.1) is 6.92 Å². The first kappa shape index (κ1) is 21.9. The summed E-state index contributed by atoms with van der Waals surface area (Å²) in [4.78, 5) is 29.3. The number of hydrogen-bond acceptors (Lipinski definition) is 6. The van der Waals surface area contributed by atoms with Crippen molar-refractivity contribution in [1.29, 1.82) is 0 Å². The fourth-order valence-electron chi connectivity index (χ4n) is 4.50. The number of rotatable bonds is 7. The molecule has 0 spiro atoms. The number of ether oxygens (including phenoxy) is 2. The zero-order valence-electron chi connectivity index (χ0n) is 19.3. The molecule has 3 aromatic rings. The van der Waals surface area contributed by atoms with E-state index in [1.165, 1.54) is 7.11 Å². The van der Waals surface area contributed by atoms with Crippen LogP contribution in [-0.4, -0.2) is 30.5 Å². The summed E-state index contributed by atoms with van der Waals surface area (Å²) in [6.07, 6.45) is 5.29. The van der Waals surface area contributed by atoms with Gasteiger partial charge in [0, 0.05) is 31.4 Å². The summed E-state index contributed by atoms with van der Waals surface area (Å²) >= 11 is 0. The second-order valence-corrected chi connectivity index (χ2v) is 8.70. The molecule has 0 bridgehead atoms. The van der Waals surface area contributed by atoms with E-state index in [1.807, 2.05) is 36.4 Å². The molecule has 1 N–H and O–H groups in total. The number of carbonyl (C=O) groups excluding carboxylic acids is 2. The Morgan fingerprint density at radius 3 is 2.91 bits per heavy atom. The lowest BCUT2D eigenvalue weighted by Crippen LogP contribution is -2.08. The van der Waals surface area contributed by atoms with E-state index in [-0.39, 0.29) is 11.8 Å². The third-order valence-corrected chi connectivity index (χ3v) is 6.41. The number of esters is 1. The second-order valence-electron chi connectivity index (χ2n) is 8.70. The Morgan fingerprint density at radius 1 is 1.18 bits per heavy atom. The van der Waals surface area contributed by atoms with Gasteiger partial charge in [-0.15, -0.1) is 0 Å². The van der Waals surface area contributed by atoms with Crippen LogP contribution in [0.2, 0.25) is 0 Å². The molecule has 0 saturated carbocycles. The number of nitrogens with zero attached hydrogens (tertiary/aromatic N) is 1. The largest absolute Gasteiger partial charge is 0.492 e. The summed E-state index contributed by atoms with van der Waals surface area (Å²) in [5.41, 5.74) is 8.30. The van der Waals surface area contributed by atoms with E-state index in [2.05, 4.69) is 29.4 Å². The fourth-order valence-corrected chi connectivity index (χ4v) is 4.50. The molecule has 0 fully saturated rings. The first-order valence-electron chi connectivity index (χ1n) is 11.4. The maximum atomic E-state index is 13.0. The van der Waals surface area contributed by atoms with Crippen LogP contribution in [0.15, 0.2) is 54.2 Å². The van der Waals surface area contributed by atoms with Gasteiger partial charge in [0.05, 0.1) is 36.9 Å². The van der Waals surface area contributed by atoms with Gasteiger partial charge in [0.25, 0.3) is 0 Å². The number of fused-ring (bicyclic) bond motifs is 2. The van der Waals surface area contributed by atoms with Gasteiger partial charge in [-0.3, -0.25) is 9.78 Å². The van der Waals surface area contributed by atoms with Gasteiger partial charge in [-0.2, -0.15) is 0 Å². The van der Waals surface area contributed by atoms with E-state index in [1.54, 1.807) is 6.20 Å². The molecule has 2 aromatic carbocycles. The van der Waals surface area contributed by atoms with Gasteiger partial charge in [0.15, 0.2) is 5.78 Å². The third kappa shape index (κ3) is 4.31. The van der Waals surface area contributed by atoms with Crippen LogP contribution in [0.1, 0.15) is 43.9 Å². The molecule has 0 atom stereocenters. The molecule has 0 amide bonds. The number of aryl methyl sites for hydroxylation is 1. The molecule has 6 heteroatoms. The van der Waals surface area contributed by atoms with Crippen molar-refractivity contribution < 1.29 is 19.1 Å². The van der Waals surface area contributed by atoms with Crippen molar-refractivity contribution in [3.05, 3.63) is 93.3 Å². The van der Waals surface area contributed by atoms with Crippen LogP contribution in [0.3, 0.4) is 0 Å². The van der Waals surface area contributed by atoms with E-state index in [0.717, 1.165) is 51.4 Å². The molecule has 6 nitrogen and oxygen atoms in total. The minimum atomic E-state index is -0.318. The molecule has 172 valence electrons. The topological polar surface area (TPSA) is 77.5 Å². The average Bonchev–Trinajstić information content (AvgIpc) is 3.50. The van der Waals surface area contributed by atoms with E-state index in [0.29, 0.717) is 37.1 Å². The molecule has 1 aromatic heterocycles. The Hall–Kier alpha value is -3.93. The lowest BCUT2D eigenvalue weighted by Gasteiger charge is -2.12. The number of para-hydroxylation sites is 1. The molecule has 2 aliphatic rings. The van der Waals surface area contributed by atoms with Crippen LogP contribution in [0.4, 0.5) is 5.69 Å². The summed E-state index contributed by atoms with van der Waals surface area (Å²) in [5, 5.41) is 3.42. The monoisotopic (exact) mass is 454 g/mol.